The fraction of sp³-hybridized carbons (Fsp3) is 0.0625. The van der Waals surface area contributed by atoms with Gasteiger partial charge in [0.25, 0.3) is 0 Å². The molecule has 2 aromatic rings. The fourth-order valence-corrected chi connectivity index (χ4v) is 1.83. The average molecular weight is 316 g/mol. The minimum Gasteiger partial charge on any atom is -0.391 e. The quantitative estimate of drug-likeness (QED) is 0.581. The molecule has 0 aliphatic heterocycles. The average Bonchev–Trinajstić information content (AvgIpc) is 2.46. The Morgan fingerprint density at radius 2 is 1.89 bits per heavy atom. The van der Waals surface area contributed by atoms with Gasteiger partial charge in [0.15, 0.2) is 0 Å². The van der Waals surface area contributed by atoms with Crippen LogP contribution in [-0.2, 0) is 11.4 Å². The van der Waals surface area contributed by atoms with E-state index in [4.69, 9.17) is 4.84 Å². The van der Waals surface area contributed by atoms with Gasteiger partial charge in [-0.15, -0.1) is 0 Å². The zero-order valence-corrected chi connectivity index (χ0v) is 12.0. The molecule has 2 aromatic carbocycles. The number of rotatable bonds is 5. The molecule has 0 spiro atoms. The Hall–Kier alpha value is -1.87. The van der Waals surface area contributed by atoms with Gasteiger partial charge in [0, 0.05) is 4.47 Å². The molecule has 0 bridgehead atoms. The maximum Gasteiger partial charge on any atom is 0.142 e. The Balaban J connectivity index is 1.89. The highest BCUT2D eigenvalue weighted by Gasteiger charge is 1.93. The predicted molar refractivity (Wildman–Crippen MR) is 83.1 cm³/mol. The maximum absolute atomic E-state index is 5.28. The third-order valence-electron chi connectivity index (χ3n) is 2.56. The lowest BCUT2D eigenvalue weighted by molar-refractivity contribution is 0.132. The van der Waals surface area contributed by atoms with Gasteiger partial charge in [-0.3, -0.25) is 0 Å². The van der Waals surface area contributed by atoms with E-state index < -0.39 is 0 Å². The molecular weight excluding hydrogens is 302 g/mol. The second-order valence-corrected chi connectivity index (χ2v) is 4.92. The number of oxime groups is 1. The monoisotopic (exact) mass is 315 g/mol. The zero-order chi connectivity index (χ0) is 13.5. The van der Waals surface area contributed by atoms with E-state index in [0.29, 0.717) is 6.61 Å². The van der Waals surface area contributed by atoms with Crippen LogP contribution in [0.5, 0.6) is 0 Å². The molecule has 0 N–H and O–H groups in total. The van der Waals surface area contributed by atoms with Gasteiger partial charge in [0.1, 0.15) is 6.61 Å². The molecular formula is C16H14BrNO. The van der Waals surface area contributed by atoms with Gasteiger partial charge >= 0.3 is 0 Å². The molecule has 0 fully saturated rings. The Labute approximate surface area is 121 Å². The van der Waals surface area contributed by atoms with Crippen LogP contribution >= 0.6 is 15.9 Å². The van der Waals surface area contributed by atoms with Crippen molar-refractivity contribution in [1.29, 1.82) is 0 Å². The summed E-state index contributed by atoms with van der Waals surface area (Å²) in [6, 6.07) is 15.9. The van der Waals surface area contributed by atoms with Gasteiger partial charge in [-0.25, -0.2) is 0 Å². The van der Waals surface area contributed by atoms with Crippen LogP contribution in [-0.4, -0.2) is 6.21 Å². The van der Waals surface area contributed by atoms with Gasteiger partial charge in [0.2, 0.25) is 0 Å². The van der Waals surface area contributed by atoms with Gasteiger partial charge in [-0.05, 0) is 34.9 Å². The van der Waals surface area contributed by atoms with Crippen molar-refractivity contribution in [2.45, 2.75) is 6.61 Å². The second kappa shape index (κ2) is 6.90. The molecule has 0 heterocycles. The molecule has 0 aromatic heterocycles. The molecule has 0 saturated heterocycles. The molecule has 0 saturated carbocycles. The van der Waals surface area contributed by atoms with E-state index in [1.165, 1.54) is 0 Å². The molecule has 2 rings (SSSR count). The third kappa shape index (κ3) is 4.38. The molecule has 3 heteroatoms. The van der Waals surface area contributed by atoms with Crippen LogP contribution in [0.3, 0.4) is 0 Å². The summed E-state index contributed by atoms with van der Waals surface area (Å²) < 4.78 is 1.05. The van der Waals surface area contributed by atoms with Crippen molar-refractivity contribution in [3.8, 4) is 0 Å². The minimum absolute atomic E-state index is 0.453. The normalized spacial score (nSPS) is 10.6. The maximum atomic E-state index is 5.28. The van der Waals surface area contributed by atoms with Crippen molar-refractivity contribution in [2.75, 3.05) is 0 Å². The second-order valence-electron chi connectivity index (χ2n) is 4.01. The van der Waals surface area contributed by atoms with Crippen molar-refractivity contribution in [2.24, 2.45) is 5.16 Å². The van der Waals surface area contributed by atoms with Crippen molar-refractivity contribution < 1.29 is 4.84 Å². The summed E-state index contributed by atoms with van der Waals surface area (Å²) in [7, 11) is 0. The first-order valence-corrected chi connectivity index (χ1v) is 6.69. The first kappa shape index (κ1) is 13.6. The van der Waals surface area contributed by atoms with Crippen LogP contribution in [0.15, 0.2) is 64.7 Å². The standard InChI is InChI=1S/C16H14BrNO/c1-2-13-4-3-5-15(10-13)12-19-18-11-14-6-8-16(17)9-7-14/h2-11H,1,12H2. The molecule has 0 aliphatic carbocycles. The van der Waals surface area contributed by atoms with E-state index in [2.05, 4.69) is 27.7 Å². The lowest BCUT2D eigenvalue weighted by atomic mass is 10.1. The predicted octanol–water partition coefficient (Wildman–Crippen LogP) is 4.64. The highest BCUT2D eigenvalue weighted by molar-refractivity contribution is 9.10. The first-order chi connectivity index (χ1) is 9.28. The molecule has 0 unspecified atom stereocenters. The SMILES string of the molecule is C=Cc1cccc(CON=Cc2ccc(Br)cc2)c1. The van der Waals surface area contributed by atoms with Crippen LogP contribution < -0.4 is 0 Å². The Bertz CT molecular complexity index is 576. The summed E-state index contributed by atoms with van der Waals surface area (Å²) in [6.07, 6.45) is 3.51. The highest BCUT2D eigenvalue weighted by Crippen LogP contribution is 2.10. The largest absolute Gasteiger partial charge is 0.391 e. The van der Waals surface area contributed by atoms with Crippen molar-refractivity contribution in [3.63, 3.8) is 0 Å². The minimum atomic E-state index is 0.453. The zero-order valence-electron chi connectivity index (χ0n) is 10.4. The topological polar surface area (TPSA) is 21.6 Å². The third-order valence-corrected chi connectivity index (χ3v) is 3.09. The molecule has 19 heavy (non-hydrogen) atoms. The van der Waals surface area contributed by atoms with Gasteiger partial charge in [-0.1, -0.05) is 64.1 Å². The fourth-order valence-electron chi connectivity index (χ4n) is 1.57. The Morgan fingerprint density at radius 3 is 2.63 bits per heavy atom. The van der Waals surface area contributed by atoms with Gasteiger partial charge in [-0.2, -0.15) is 0 Å². The van der Waals surface area contributed by atoms with E-state index in [9.17, 15) is 0 Å². The van der Waals surface area contributed by atoms with E-state index in [-0.39, 0.29) is 0 Å². The highest BCUT2D eigenvalue weighted by atomic mass is 79.9. The van der Waals surface area contributed by atoms with E-state index in [1.807, 2.05) is 54.6 Å². The Morgan fingerprint density at radius 1 is 1.11 bits per heavy atom. The molecule has 2 nitrogen and oxygen atoms in total. The number of benzene rings is 2. The Kier molecular flexibility index (Phi) is 4.93. The summed E-state index contributed by atoms with van der Waals surface area (Å²) >= 11 is 3.39. The van der Waals surface area contributed by atoms with Crippen LogP contribution in [0.4, 0.5) is 0 Å². The molecule has 0 atom stereocenters. The summed E-state index contributed by atoms with van der Waals surface area (Å²) in [4.78, 5) is 5.28. The lowest BCUT2D eigenvalue weighted by Crippen LogP contribution is -1.89. The van der Waals surface area contributed by atoms with Gasteiger partial charge in [0.05, 0.1) is 6.21 Å². The van der Waals surface area contributed by atoms with Crippen molar-refractivity contribution in [1.82, 2.24) is 0 Å². The van der Waals surface area contributed by atoms with Crippen LogP contribution in [0, 0.1) is 0 Å². The molecule has 96 valence electrons. The van der Waals surface area contributed by atoms with Crippen LogP contribution in [0.1, 0.15) is 16.7 Å². The number of hydrogen-bond acceptors (Lipinski definition) is 2. The number of hydrogen-bond donors (Lipinski definition) is 0. The van der Waals surface area contributed by atoms with E-state index in [1.54, 1.807) is 6.21 Å². The number of nitrogens with zero attached hydrogens (tertiary/aromatic N) is 1. The van der Waals surface area contributed by atoms with Crippen LogP contribution in [0.2, 0.25) is 0 Å². The molecule has 0 amide bonds. The first-order valence-electron chi connectivity index (χ1n) is 5.90. The smallest absolute Gasteiger partial charge is 0.142 e. The lowest BCUT2D eigenvalue weighted by Gasteiger charge is -2.01. The van der Waals surface area contributed by atoms with E-state index >= 15 is 0 Å². The van der Waals surface area contributed by atoms with Crippen molar-refractivity contribution in [3.05, 3.63) is 76.3 Å². The molecule has 0 radical (unpaired) electrons. The van der Waals surface area contributed by atoms with Crippen LogP contribution in [0.25, 0.3) is 6.08 Å². The molecule has 0 aliphatic rings. The van der Waals surface area contributed by atoms with E-state index in [0.717, 1.165) is 21.2 Å². The van der Waals surface area contributed by atoms with Crippen molar-refractivity contribution >= 4 is 28.2 Å². The summed E-state index contributed by atoms with van der Waals surface area (Å²) in [5, 5.41) is 3.96. The van der Waals surface area contributed by atoms with Gasteiger partial charge < -0.3 is 4.84 Å². The summed E-state index contributed by atoms with van der Waals surface area (Å²) in [5.74, 6) is 0. The summed E-state index contributed by atoms with van der Waals surface area (Å²) in [6.45, 7) is 4.19. The number of halogens is 1. The summed E-state index contributed by atoms with van der Waals surface area (Å²) in [5.41, 5.74) is 3.16.